The number of ether oxygens (including phenoxy) is 2. The standard InChI is InChI=1S/C36H44N8O4.C19H21ClN4O.C17H24N4O3/c1-35(2,3)24-10-9-11-25(17-24)44-28(32(46)41(7)8)16-23-19-38-33(40-30(23)44)39-29-15-12-22(18-37-29)31(45)42-20-26-13-14-27(21-42)43(26)34(47)48-36(4,5)6;1-19(2,3)13-7-6-8-14(10-13)24-15(17(25)23(4)5)9-12-11-21-18(20)22-16(12)24;1-17(2,3)24-16(23)21-12-5-6-13(21)10-20(9-12)15(22)11-4-7-14(18)19-8-11/h9-12,15-19,26-27H,13-14,20-21H2,1-8H3,(H,37,38,39,40);6-11H,1-5H3;4,7-8,12-13H,5-6,9-10H2,1-3H3,(H2,18,19). The lowest BCUT2D eigenvalue weighted by Crippen LogP contribution is -2.57. The second kappa shape index (κ2) is 27.4. The lowest BCUT2D eigenvalue weighted by molar-refractivity contribution is -0.00386. The number of carbonyl (C=O) groups excluding carboxylic acids is 6. The van der Waals surface area contributed by atoms with E-state index in [9.17, 15) is 28.8 Å². The SMILES string of the molecule is CC(C)(C)OC(=O)N1C2CCC1CN(C(=O)c1ccc(N)nc1)C2.CN(C)C(=O)c1cc2cnc(Cl)nc2n1-c1cccc(C(C)(C)C)c1.CN(C)C(=O)c1cc2cnc(Nc3ccc(C(=O)N4CC5CCC(C4)N5C(=O)OC(C)(C)C)cn3)nc2n1-c1cccc(C(C)(C)C)c1. The molecule has 4 aliphatic heterocycles. The van der Waals surface area contributed by atoms with Crippen LogP contribution in [0.2, 0.25) is 5.28 Å². The van der Waals surface area contributed by atoms with Crippen LogP contribution in [0.25, 0.3) is 33.4 Å². The zero-order valence-electron chi connectivity index (χ0n) is 58.3. The summed E-state index contributed by atoms with van der Waals surface area (Å²) in [4.78, 5) is 114. The predicted molar refractivity (Wildman–Crippen MR) is 374 cm³/mol. The molecule has 512 valence electrons. The Hall–Kier alpha value is -9.71. The van der Waals surface area contributed by atoms with E-state index in [4.69, 9.17) is 31.8 Å². The number of nitrogens with zero attached hydrogens (tertiary/aromatic N) is 14. The number of anilines is 3. The highest BCUT2D eigenvalue weighted by Crippen LogP contribution is 2.36. The average Bonchev–Trinajstić information content (AvgIpc) is 1.65. The van der Waals surface area contributed by atoms with Crippen molar-refractivity contribution in [2.24, 2.45) is 0 Å². The maximum atomic E-state index is 13.5. The number of halogens is 1. The molecule has 97 heavy (non-hydrogen) atoms. The molecule has 4 bridgehead atoms. The molecule has 3 N–H and O–H groups in total. The molecule has 2 aromatic carbocycles. The zero-order chi connectivity index (χ0) is 70.4. The van der Waals surface area contributed by atoms with Crippen LogP contribution in [0.5, 0.6) is 0 Å². The number of likely N-dealkylation sites (tertiary alicyclic amines) is 2. The Balaban J connectivity index is 0.000000175. The zero-order valence-corrected chi connectivity index (χ0v) is 59.1. The van der Waals surface area contributed by atoms with Gasteiger partial charge < -0.3 is 40.1 Å². The number of nitrogen functional groups attached to an aromatic ring is 1. The summed E-state index contributed by atoms with van der Waals surface area (Å²) in [6, 6.07) is 26.5. The molecule has 25 heteroatoms. The van der Waals surface area contributed by atoms with E-state index in [0.29, 0.717) is 77.6 Å². The van der Waals surface area contributed by atoms with Crippen LogP contribution in [0, 0.1) is 0 Å². The Morgan fingerprint density at radius 3 is 1.31 bits per heavy atom. The second-order valence-electron chi connectivity index (χ2n) is 29.6. The Kier molecular flexibility index (Phi) is 19.8. The van der Waals surface area contributed by atoms with Crippen molar-refractivity contribution in [1.29, 1.82) is 0 Å². The van der Waals surface area contributed by atoms with Crippen LogP contribution in [0.15, 0.2) is 110 Å². The highest BCUT2D eigenvalue weighted by atomic mass is 35.5. The van der Waals surface area contributed by atoms with Gasteiger partial charge in [0.2, 0.25) is 11.2 Å². The molecular weight excluding hydrogens is 1250 g/mol. The number of piperazine rings is 2. The molecule has 4 saturated heterocycles. The van der Waals surface area contributed by atoms with Gasteiger partial charge in [-0.15, -0.1) is 0 Å². The van der Waals surface area contributed by atoms with E-state index in [2.05, 4.69) is 96.0 Å². The third-order valence-electron chi connectivity index (χ3n) is 17.3. The lowest BCUT2D eigenvalue weighted by Gasteiger charge is -2.41. The van der Waals surface area contributed by atoms with Gasteiger partial charge in [0.25, 0.3) is 23.6 Å². The summed E-state index contributed by atoms with van der Waals surface area (Å²) in [5, 5.41) is 4.81. The number of amides is 6. The summed E-state index contributed by atoms with van der Waals surface area (Å²) < 4.78 is 14.9. The molecule has 6 amide bonds. The van der Waals surface area contributed by atoms with Gasteiger partial charge in [-0.25, -0.2) is 29.5 Å². The molecule has 4 aliphatic rings. The molecule has 0 radical (unpaired) electrons. The van der Waals surface area contributed by atoms with E-state index in [0.717, 1.165) is 53.4 Å². The van der Waals surface area contributed by atoms with Gasteiger partial charge in [-0.2, -0.15) is 9.97 Å². The average molecular weight is 1340 g/mol. The van der Waals surface area contributed by atoms with Crippen molar-refractivity contribution < 1.29 is 38.2 Å². The Morgan fingerprint density at radius 2 is 0.928 bits per heavy atom. The van der Waals surface area contributed by atoms with E-state index in [1.165, 1.54) is 11.8 Å². The van der Waals surface area contributed by atoms with Crippen LogP contribution >= 0.6 is 11.6 Å². The highest BCUT2D eigenvalue weighted by Gasteiger charge is 2.47. The molecule has 4 atom stereocenters. The number of hydrogen-bond donors (Lipinski definition) is 2. The van der Waals surface area contributed by atoms with E-state index in [-0.39, 0.29) is 76.1 Å². The first-order chi connectivity index (χ1) is 45.5. The first-order valence-corrected chi connectivity index (χ1v) is 33.0. The number of nitrogens with one attached hydrogen (secondary N) is 1. The van der Waals surface area contributed by atoms with Crippen LogP contribution in [0.1, 0.15) is 162 Å². The Morgan fingerprint density at radius 1 is 0.515 bits per heavy atom. The number of carbonyl (C=O) groups is 6. The largest absolute Gasteiger partial charge is 0.444 e. The monoisotopic (exact) mass is 1340 g/mol. The number of hydrogen-bond acceptors (Lipinski definition) is 16. The molecular formula is C72H89ClN16O8. The summed E-state index contributed by atoms with van der Waals surface area (Å²) in [6.07, 6.45) is 9.25. The van der Waals surface area contributed by atoms with Gasteiger partial charge in [-0.1, -0.05) is 65.8 Å². The van der Waals surface area contributed by atoms with Crippen molar-refractivity contribution in [2.45, 2.75) is 155 Å². The highest BCUT2D eigenvalue weighted by molar-refractivity contribution is 6.28. The number of rotatable bonds is 8. The molecule has 0 saturated carbocycles. The number of pyridine rings is 2. The fraction of sp³-hybridized carbons (Fsp3) is 0.444. The second-order valence-corrected chi connectivity index (χ2v) is 30.0. The van der Waals surface area contributed by atoms with E-state index in [1.54, 1.807) is 96.7 Å². The molecule has 12 rings (SSSR count). The van der Waals surface area contributed by atoms with Crippen molar-refractivity contribution >= 4 is 87.1 Å². The molecule has 10 heterocycles. The fourth-order valence-electron chi connectivity index (χ4n) is 12.5. The summed E-state index contributed by atoms with van der Waals surface area (Å²) in [5.74, 6) is 0.725. The van der Waals surface area contributed by atoms with Crippen molar-refractivity contribution in [3.8, 4) is 11.4 Å². The smallest absolute Gasteiger partial charge is 0.410 e. The normalized spacial score (nSPS) is 17.6. The summed E-state index contributed by atoms with van der Waals surface area (Å²) in [7, 11) is 6.91. The topological polar surface area (TPSA) is 266 Å². The molecule has 4 unspecified atom stereocenters. The van der Waals surface area contributed by atoms with Gasteiger partial charge >= 0.3 is 12.2 Å². The Labute approximate surface area is 571 Å². The van der Waals surface area contributed by atoms with E-state index < -0.39 is 11.2 Å². The van der Waals surface area contributed by atoms with Gasteiger partial charge in [0.05, 0.1) is 35.3 Å². The van der Waals surface area contributed by atoms with Gasteiger partial charge in [0, 0.05) is 101 Å². The number of nitrogens with two attached hydrogens (primary N) is 1. The number of fused-ring (bicyclic) bond motifs is 6. The van der Waals surface area contributed by atoms with Crippen LogP contribution < -0.4 is 11.1 Å². The number of aromatic nitrogens is 8. The van der Waals surface area contributed by atoms with Crippen LogP contribution in [0.4, 0.5) is 27.2 Å². The van der Waals surface area contributed by atoms with E-state index in [1.807, 2.05) is 90.8 Å². The predicted octanol–water partition coefficient (Wildman–Crippen LogP) is 11.7. The quantitative estimate of drug-likeness (QED) is 0.134. The van der Waals surface area contributed by atoms with Crippen molar-refractivity contribution in [2.75, 3.05) is 65.4 Å². The first kappa shape index (κ1) is 70.1. The van der Waals surface area contributed by atoms with Crippen molar-refractivity contribution in [3.63, 3.8) is 0 Å². The molecule has 4 fully saturated rings. The van der Waals surface area contributed by atoms with Gasteiger partial charge in [-0.05, 0) is 161 Å². The third-order valence-corrected chi connectivity index (χ3v) is 17.5. The minimum absolute atomic E-state index is 0.00266. The minimum atomic E-state index is -0.571. The molecule has 0 aliphatic carbocycles. The summed E-state index contributed by atoms with van der Waals surface area (Å²) >= 11 is 6.00. The maximum Gasteiger partial charge on any atom is 0.410 e. The maximum absolute atomic E-state index is 13.5. The van der Waals surface area contributed by atoms with Gasteiger partial charge in [0.1, 0.15) is 39.9 Å². The minimum Gasteiger partial charge on any atom is -0.444 e. The van der Waals surface area contributed by atoms with Gasteiger partial charge in [0.15, 0.2) is 5.65 Å². The van der Waals surface area contributed by atoms with Crippen molar-refractivity contribution in [1.82, 2.24) is 68.4 Å². The Bertz CT molecular complexity index is 4250. The number of benzene rings is 2. The van der Waals surface area contributed by atoms with Crippen LogP contribution in [-0.4, -0.2) is 194 Å². The van der Waals surface area contributed by atoms with Crippen LogP contribution in [-0.2, 0) is 20.3 Å². The third kappa shape index (κ3) is 15.9. The first-order valence-electron chi connectivity index (χ1n) is 32.6. The molecule has 6 aromatic heterocycles. The van der Waals surface area contributed by atoms with Crippen molar-refractivity contribution in [3.05, 3.63) is 149 Å². The van der Waals surface area contributed by atoms with E-state index >= 15 is 0 Å². The summed E-state index contributed by atoms with van der Waals surface area (Å²) in [6.45, 7) is 26.1. The van der Waals surface area contributed by atoms with Gasteiger partial charge in [-0.3, -0.25) is 38.1 Å². The lowest BCUT2D eigenvalue weighted by atomic mass is 9.87. The summed E-state index contributed by atoms with van der Waals surface area (Å²) in [5.41, 5.74) is 11.6. The molecule has 0 spiro atoms. The van der Waals surface area contributed by atoms with Crippen LogP contribution in [0.3, 0.4) is 0 Å². The molecule has 8 aromatic rings. The fourth-order valence-corrected chi connectivity index (χ4v) is 12.6. The molecule has 24 nitrogen and oxygen atoms in total.